The maximum Gasteiger partial charge on any atom is 0.224 e. The van der Waals surface area contributed by atoms with Crippen molar-refractivity contribution in [3.8, 4) is 5.69 Å². The number of nitrogens with zero attached hydrogens (tertiary/aromatic N) is 2. The number of carbonyl (C=O) groups excluding carboxylic acids is 1. The van der Waals surface area contributed by atoms with E-state index in [1.54, 1.807) is 10.9 Å². The lowest BCUT2D eigenvalue weighted by atomic mass is 9.94. The van der Waals surface area contributed by atoms with Gasteiger partial charge in [0.2, 0.25) is 5.91 Å². The minimum Gasteiger partial charge on any atom is -0.352 e. The number of hydrogen-bond acceptors (Lipinski definition) is 3. The molecular formula is C17H22N4O. The molecule has 0 radical (unpaired) electrons. The van der Waals surface area contributed by atoms with E-state index in [2.05, 4.69) is 22.7 Å². The largest absolute Gasteiger partial charge is 0.352 e. The number of rotatable bonds is 4. The molecule has 116 valence electrons. The van der Waals surface area contributed by atoms with Crippen molar-refractivity contribution in [1.29, 1.82) is 0 Å². The van der Waals surface area contributed by atoms with Crippen LogP contribution in [0.25, 0.3) is 5.69 Å². The molecule has 2 atom stereocenters. The van der Waals surface area contributed by atoms with Gasteiger partial charge in [0, 0.05) is 25.0 Å². The molecule has 0 spiro atoms. The number of piperidine rings is 1. The molecule has 2 unspecified atom stereocenters. The van der Waals surface area contributed by atoms with Gasteiger partial charge in [0.05, 0.1) is 12.1 Å². The fourth-order valence-electron chi connectivity index (χ4n) is 2.81. The molecule has 2 aromatic rings. The summed E-state index contributed by atoms with van der Waals surface area (Å²) in [5.41, 5.74) is 2.02. The van der Waals surface area contributed by atoms with Crippen LogP contribution in [0.15, 0.2) is 42.7 Å². The fourth-order valence-corrected chi connectivity index (χ4v) is 2.81. The van der Waals surface area contributed by atoms with Crippen molar-refractivity contribution < 1.29 is 4.79 Å². The van der Waals surface area contributed by atoms with Gasteiger partial charge in [-0.05, 0) is 42.6 Å². The minimum absolute atomic E-state index is 0.0902. The van der Waals surface area contributed by atoms with Crippen molar-refractivity contribution >= 4 is 5.91 Å². The van der Waals surface area contributed by atoms with Crippen molar-refractivity contribution in [2.24, 2.45) is 5.92 Å². The summed E-state index contributed by atoms with van der Waals surface area (Å²) in [6.07, 6.45) is 5.19. The van der Waals surface area contributed by atoms with Crippen molar-refractivity contribution in [3.63, 3.8) is 0 Å². The van der Waals surface area contributed by atoms with Crippen molar-refractivity contribution in [1.82, 2.24) is 20.4 Å². The first-order chi connectivity index (χ1) is 10.7. The van der Waals surface area contributed by atoms with E-state index in [1.807, 2.05) is 36.5 Å². The topological polar surface area (TPSA) is 58.9 Å². The van der Waals surface area contributed by atoms with Gasteiger partial charge in [0.25, 0.3) is 0 Å². The van der Waals surface area contributed by atoms with Crippen LogP contribution >= 0.6 is 0 Å². The Balaban J connectivity index is 1.57. The third kappa shape index (κ3) is 3.54. The van der Waals surface area contributed by atoms with Crippen molar-refractivity contribution in [2.45, 2.75) is 25.8 Å². The van der Waals surface area contributed by atoms with E-state index in [0.29, 0.717) is 12.3 Å². The molecule has 3 rings (SSSR count). The average molecular weight is 298 g/mol. The lowest BCUT2D eigenvalue weighted by Gasteiger charge is -2.30. The van der Waals surface area contributed by atoms with Crippen LogP contribution in [0.5, 0.6) is 0 Å². The standard InChI is InChI=1S/C17H22N4O/c1-13-7-9-18-12-16(13)20-17(22)11-14-3-5-15(6-4-14)21-10-2-8-19-21/h2-6,8,10,13,16,18H,7,9,11-12H2,1H3,(H,20,22). The fraction of sp³-hybridized carbons (Fsp3) is 0.412. The summed E-state index contributed by atoms with van der Waals surface area (Å²) in [4.78, 5) is 12.2. The van der Waals surface area contributed by atoms with Crippen molar-refractivity contribution in [2.75, 3.05) is 13.1 Å². The quantitative estimate of drug-likeness (QED) is 0.900. The third-order valence-electron chi connectivity index (χ3n) is 4.24. The summed E-state index contributed by atoms with van der Waals surface area (Å²) in [6, 6.07) is 10.1. The molecule has 0 saturated carbocycles. The first-order valence-electron chi connectivity index (χ1n) is 7.81. The second-order valence-corrected chi connectivity index (χ2v) is 5.94. The second kappa shape index (κ2) is 6.75. The molecule has 1 aromatic heterocycles. The van der Waals surface area contributed by atoms with Crippen LogP contribution in [-0.2, 0) is 11.2 Å². The van der Waals surface area contributed by atoms with Crippen LogP contribution in [0, 0.1) is 5.92 Å². The van der Waals surface area contributed by atoms with Crippen LogP contribution in [0.2, 0.25) is 0 Å². The molecule has 2 N–H and O–H groups in total. The Hall–Kier alpha value is -2.14. The molecule has 0 aliphatic carbocycles. The minimum atomic E-state index is 0.0902. The Kier molecular flexibility index (Phi) is 4.53. The van der Waals surface area contributed by atoms with Gasteiger partial charge in [-0.25, -0.2) is 4.68 Å². The van der Waals surface area contributed by atoms with Crippen LogP contribution in [0.1, 0.15) is 18.9 Å². The van der Waals surface area contributed by atoms with Crippen LogP contribution in [0.4, 0.5) is 0 Å². The van der Waals surface area contributed by atoms with Gasteiger partial charge in [-0.1, -0.05) is 19.1 Å². The van der Waals surface area contributed by atoms with Crippen LogP contribution < -0.4 is 10.6 Å². The Morgan fingerprint density at radius 3 is 2.91 bits per heavy atom. The van der Waals surface area contributed by atoms with E-state index in [-0.39, 0.29) is 11.9 Å². The molecule has 0 bridgehead atoms. The molecule has 1 saturated heterocycles. The Labute approximate surface area is 130 Å². The summed E-state index contributed by atoms with van der Waals surface area (Å²) in [7, 11) is 0. The molecule has 1 amide bonds. The van der Waals surface area contributed by atoms with Gasteiger partial charge in [0.1, 0.15) is 0 Å². The lowest BCUT2D eigenvalue weighted by Crippen LogP contribution is -2.50. The summed E-state index contributed by atoms with van der Waals surface area (Å²) in [6.45, 7) is 4.11. The zero-order chi connectivity index (χ0) is 15.4. The van der Waals surface area contributed by atoms with Gasteiger partial charge in [0.15, 0.2) is 0 Å². The zero-order valence-corrected chi connectivity index (χ0v) is 12.8. The maximum atomic E-state index is 12.2. The molecule has 2 heterocycles. The molecule has 22 heavy (non-hydrogen) atoms. The molecule has 1 aliphatic rings. The Bertz CT molecular complexity index is 606. The van der Waals surface area contributed by atoms with E-state index in [4.69, 9.17) is 0 Å². The summed E-state index contributed by atoms with van der Waals surface area (Å²) >= 11 is 0. The maximum absolute atomic E-state index is 12.2. The number of hydrogen-bond donors (Lipinski definition) is 2. The first-order valence-corrected chi connectivity index (χ1v) is 7.81. The highest BCUT2D eigenvalue weighted by Crippen LogP contribution is 2.12. The molecular weight excluding hydrogens is 276 g/mol. The third-order valence-corrected chi connectivity index (χ3v) is 4.24. The zero-order valence-electron chi connectivity index (χ0n) is 12.8. The van der Waals surface area contributed by atoms with Gasteiger partial charge in [-0.3, -0.25) is 4.79 Å². The number of nitrogens with one attached hydrogen (secondary N) is 2. The van der Waals surface area contributed by atoms with Crippen LogP contribution in [0.3, 0.4) is 0 Å². The van der Waals surface area contributed by atoms with Gasteiger partial charge in [-0.15, -0.1) is 0 Å². The van der Waals surface area contributed by atoms with Gasteiger partial charge < -0.3 is 10.6 Å². The van der Waals surface area contributed by atoms with E-state index in [0.717, 1.165) is 30.8 Å². The predicted molar refractivity (Wildman–Crippen MR) is 85.8 cm³/mol. The monoisotopic (exact) mass is 298 g/mol. The molecule has 1 aliphatic heterocycles. The number of carbonyl (C=O) groups is 1. The first kappa shape index (κ1) is 14.8. The summed E-state index contributed by atoms with van der Waals surface area (Å²) < 4.78 is 1.80. The number of amides is 1. The molecule has 5 nitrogen and oxygen atoms in total. The van der Waals surface area contributed by atoms with Crippen LogP contribution in [-0.4, -0.2) is 34.8 Å². The normalized spacial score (nSPS) is 21.5. The highest BCUT2D eigenvalue weighted by molar-refractivity contribution is 5.79. The SMILES string of the molecule is CC1CCNCC1NC(=O)Cc1ccc(-n2cccn2)cc1. The summed E-state index contributed by atoms with van der Waals surface area (Å²) in [5, 5.41) is 10.7. The van der Waals surface area contributed by atoms with Gasteiger partial charge >= 0.3 is 0 Å². The Morgan fingerprint density at radius 2 is 2.23 bits per heavy atom. The van der Waals surface area contributed by atoms with Crippen molar-refractivity contribution in [3.05, 3.63) is 48.3 Å². The molecule has 1 fully saturated rings. The van der Waals surface area contributed by atoms with E-state index < -0.39 is 0 Å². The average Bonchev–Trinajstić information content (AvgIpc) is 3.05. The highest BCUT2D eigenvalue weighted by atomic mass is 16.1. The van der Waals surface area contributed by atoms with Gasteiger partial charge in [-0.2, -0.15) is 5.10 Å². The highest BCUT2D eigenvalue weighted by Gasteiger charge is 2.22. The number of benzene rings is 1. The lowest BCUT2D eigenvalue weighted by molar-refractivity contribution is -0.121. The van der Waals surface area contributed by atoms with E-state index >= 15 is 0 Å². The smallest absolute Gasteiger partial charge is 0.224 e. The molecule has 1 aromatic carbocycles. The van der Waals surface area contributed by atoms with E-state index in [1.165, 1.54) is 0 Å². The number of aromatic nitrogens is 2. The van der Waals surface area contributed by atoms with E-state index in [9.17, 15) is 4.79 Å². The second-order valence-electron chi connectivity index (χ2n) is 5.94. The summed E-state index contributed by atoms with van der Waals surface area (Å²) in [5.74, 6) is 0.625. The Morgan fingerprint density at radius 1 is 1.41 bits per heavy atom. The predicted octanol–water partition coefficient (Wildman–Crippen LogP) is 1.53. The molecule has 5 heteroatoms.